The second kappa shape index (κ2) is 5.96. The van der Waals surface area contributed by atoms with Crippen LogP contribution in [0.3, 0.4) is 0 Å². The first-order chi connectivity index (χ1) is 9.83. The molecule has 1 aliphatic rings. The van der Waals surface area contributed by atoms with E-state index in [0.29, 0.717) is 12.6 Å². The van der Waals surface area contributed by atoms with E-state index in [2.05, 4.69) is 10.5 Å². The molecule has 0 aliphatic heterocycles. The molecule has 1 aromatic carbocycles. The van der Waals surface area contributed by atoms with Crippen LogP contribution in [0.4, 0.5) is 0 Å². The molecule has 1 aromatic heterocycles. The third-order valence-corrected chi connectivity index (χ3v) is 3.20. The minimum atomic E-state index is 0.378. The Morgan fingerprint density at radius 1 is 1.25 bits per heavy atom. The quantitative estimate of drug-likeness (QED) is 0.840. The zero-order valence-corrected chi connectivity index (χ0v) is 11.5. The lowest BCUT2D eigenvalue weighted by Gasteiger charge is -2.04. The van der Waals surface area contributed by atoms with E-state index in [4.69, 9.17) is 14.0 Å². The highest BCUT2D eigenvalue weighted by Gasteiger charge is 2.20. The van der Waals surface area contributed by atoms with Crippen LogP contribution in [0.1, 0.15) is 24.3 Å². The summed E-state index contributed by atoms with van der Waals surface area (Å²) in [6.45, 7) is 1.14. The number of benzene rings is 1. The number of ether oxygens (including phenoxy) is 2. The Balaban J connectivity index is 1.49. The summed E-state index contributed by atoms with van der Waals surface area (Å²) in [7, 11) is 1.64. The van der Waals surface area contributed by atoms with Crippen molar-refractivity contribution in [3.05, 3.63) is 41.8 Å². The van der Waals surface area contributed by atoms with Crippen LogP contribution in [0, 0.1) is 0 Å². The van der Waals surface area contributed by atoms with E-state index in [9.17, 15) is 0 Å². The van der Waals surface area contributed by atoms with Crippen molar-refractivity contribution in [1.29, 1.82) is 0 Å². The molecule has 1 saturated carbocycles. The van der Waals surface area contributed by atoms with Gasteiger partial charge in [-0.2, -0.15) is 0 Å². The van der Waals surface area contributed by atoms with Crippen molar-refractivity contribution in [2.24, 2.45) is 0 Å². The zero-order valence-electron chi connectivity index (χ0n) is 11.5. The monoisotopic (exact) mass is 274 g/mol. The molecule has 106 valence electrons. The van der Waals surface area contributed by atoms with Gasteiger partial charge in [-0.05, 0) is 37.1 Å². The largest absolute Gasteiger partial charge is 0.497 e. The van der Waals surface area contributed by atoms with Crippen LogP contribution in [0.15, 0.2) is 34.9 Å². The molecule has 0 bridgehead atoms. The van der Waals surface area contributed by atoms with Crippen molar-refractivity contribution in [2.75, 3.05) is 7.11 Å². The van der Waals surface area contributed by atoms with Gasteiger partial charge in [-0.25, -0.2) is 0 Å². The van der Waals surface area contributed by atoms with Gasteiger partial charge in [0.1, 0.15) is 18.1 Å². The average molecular weight is 274 g/mol. The van der Waals surface area contributed by atoms with E-state index in [1.54, 1.807) is 7.11 Å². The van der Waals surface area contributed by atoms with E-state index in [-0.39, 0.29) is 0 Å². The van der Waals surface area contributed by atoms with Crippen LogP contribution in [-0.4, -0.2) is 18.3 Å². The van der Waals surface area contributed by atoms with Crippen molar-refractivity contribution >= 4 is 0 Å². The highest BCUT2D eigenvalue weighted by Crippen LogP contribution is 2.20. The number of hydrogen-bond donors (Lipinski definition) is 1. The maximum absolute atomic E-state index is 5.63. The molecule has 1 N–H and O–H groups in total. The van der Waals surface area contributed by atoms with E-state index < -0.39 is 0 Å². The van der Waals surface area contributed by atoms with Gasteiger partial charge in [-0.15, -0.1) is 0 Å². The second-order valence-corrected chi connectivity index (χ2v) is 4.90. The zero-order chi connectivity index (χ0) is 13.8. The van der Waals surface area contributed by atoms with Crippen LogP contribution < -0.4 is 14.8 Å². The first kappa shape index (κ1) is 13.0. The molecule has 0 atom stereocenters. The lowest BCUT2D eigenvalue weighted by molar-refractivity contribution is 0.248. The van der Waals surface area contributed by atoms with Gasteiger partial charge in [0.25, 0.3) is 0 Å². The van der Waals surface area contributed by atoms with Gasteiger partial charge >= 0.3 is 0 Å². The molecular formula is C15H18N2O3. The molecule has 1 fully saturated rings. The third kappa shape index (κ3) is 3.51. The van der Waals surface area contributed by atoms with Gasteiger partial charge in [-0.3, -0.25) is 0 Å². The maximum Gasteiger partial charge on any atom is 0.174 e. The smallest absolute Gasteiger partial charge is 0.174 e. The third-order valence-electron chi connectivity index (χ3n) is 3.20. The molecule has 1 aliphatic carbocycles. The fraction of sp³-hybridized carbons (Fsp3) is 0.400. The molecule has 20 heavy (non-hydrogen) atoms. The number of rotatable bonds is 7. The number of nitrogens with zero attached hydrogens (tertiary/aromatic N) is 1. The van der Waals surface area contributed by atoms with Crippen molar-refractivity contribution in [3.8, 4) is 11.5 Å². The fourth-order valence-corrected chi connectivity index (χ4v) is 1.87. The Hall–Kier alpha value is -2.01. The predicted molar refractivity (Wildman–Crippen MR) is 73.7 cm³/mol. The summed E-state index contributed by atoms with van der Waals surface area (Å²) in [5, 5.41) is 7.41. The van der Waals surface area contributed by atoms with Gasteiger partial charge in [-0.1, -0.05) is 5.16 Å². The molecule has 0 spiro atoms. The van der Waals surface area contributed by atoms with Gasteiger partial charge in [0.15, 0.2) is 5.76 Å². The lowest BCUT2D eigenvalue weighted by atomic mass is 10.3. The van der Waals surface area contributed by atoms with Crippen LogP contribution in [0.5, 0.6) is 11.5 Å². The Morgan fingerprint density at radius 2 is 2.00 bits per heavy atom. The second-order valence-electron chi connectivity index (χ2n) is 4.90. The molecular weight excluding hydrogens is 256 g/mol. The summed E-state index contributed by atoms with van der Waals surface area (Å²) in [6, 6.07) is 10.1. The summed E-state index contributed by atoms with van der Waals surface area (Å²) in [5.41, 5.74) is 0.922. The van der Waals surface area contributed by atoms with E-state index >= 15 is 0 Å². The summed E-state index contributed by atoms with van der Waals surface area (Å²) < 4.78 is 16.0. The van der Waals surface area contributed by atoms with Crippen molar-refractivity contribution in [1.82, 2.24) is 10.5 Å². The standard InChI is InChI=1S/C15H18N2O3/c1-18-13-4-6-14(7-5-13)19-10-15-8-12(17-20-15)9-16-11-2-3-11/h4-8,11,16H,2-3,9-10H2,1H3. The van der Waals surface area contributed by atoms with E-state index in [1.165, 1.54) is 12.8 Å². The van der Waals surface area contributed by atoms with Crippen molar-refractivity contribution in [2.45, 2.75) is 32.0 Å². The van der Waals surface area contributed by atoms with Crippen LogP contribution in [0.2, 0.25) is 0 Å². The van der Waals surface area contributed by atoms with Crippen molar-refractivity contribution in [3.63, 3.8) is 0 Å². The molecule has 0 saturated heterocycles. The normalized spacial score (nSPS) is 14.2. The molecule has 2 aromatic rings. The minimum absolute atomic E-state index is 0.378. The maximum atomic E-state index is 5.63. The van der Waals surface area contributed by atoms with Crippen LogP contribution >= 0.6 is 0 Å². The molecule has 3 rings (SSSR count). The SMILES string of the molecule is COc1ccc(OCc2cc(CNC3CC3)no2)cc1. The number of hydrogen-bond acceptors (Lipinski definition) is 5. The van der Waals surface area contributed by atoms with Crippen LogP contribution in [-0.2, 0) is 13.2 Å². The predicted octanol–water partition coefficient (Wildman–Crippen LogP) is 2.51. The number of aromatic nitrogens is 1. The van der Waals surface area contributed by atoms with Gasteiger partial charge < -0.3 is 19.3 Å². The molecule has 0 unspecified atom stereocenters. The van der Waals surface area contributed by atoms with Gasteiger partial charge in [0.05, 0.1) is 12.8 Å². The highest BCUT2D eigenvalue weighted by atomic mass is 16.5. The van der Waals surface area contributed by atoms with Crippen LogP contribution in [0.25, 0.3) is 0 Å². The Morgan fingerprint density at radius 3 is 2.70 bits per heavy atom. The highest BCUT2D eigenvalue weighted by molar-refractivity contribution is 5.31. The molecule has 0 amide bonds. The average Bonchev–Trinajstić information content (AvgIpc) is 3.22. The Kier molecular flexibility index (Phi) is 3.87. The summed E-state index contributed by atoms with van der Waals surface area (Å²) >= 11 is 0. The van der Waals surface area contributed by atoms with E-state index in [1.807, 2.05) is 30.3 Å². The number of nitrogens with one attached hydrogen (secondary N) is 1. The Labute approximate surface area is 117 Å². The number of methoxy groups -OCH3 is 1. The van der Waals surface area contributed by atoms with Crippen molar-refractivity contribution < 1.29 is 14.0 Å². The lowest BCUT2D eigenvalue weighted by Crippen LogP contribution is -2.15. The summed E-state index contributed by atoms with van der Waals surface area (Å²) in [6.07, 6.45) is 2.54. The summed E-state index contributed by atoms with van der Waals surface area (Å²) in [4.78, 5) is 0. The fourth-order valence-electron chi connectivity index (χ4n) is 1.87. The van der Waals surface area contributed by atoms with E-state index in [0.717, 1.165) is 29.5 Å². The molecule has 0 radical (unpaired) electrons. The first-order valence-corrected chi connectivity index (χ1v) is 6.78. The molecule has 5 heteroatoms. The first-order valence-electron chi connectivity index (χ1n) is 6.78. The van der Waals surface area contributed by atoms with Gasteiger partial charge in [0.2, 0.25) is 0 Å². The summed E-state index contributed by atoms with van der Waals surface area (Å²) in [5.74, 6) is 2.32. The molecule has 5 nitrogen and oxygen atoms in total. The molecule has 1 heterocycles. The minimum Gasteiger partial charge on any atom is -0.497 e. The Bertz CT molecular complexity index is 547. The van der Waals surface area contributed by atoms with Gasteiger partial charge in [0, 0.05) is 18.7 Å². The topological polar surface area (TPSA) is 56.5 Å².